The Hall–Kier alpha value is -0.800. The summed E-state index contributed by atoms with van der Waals surface area (Å²) in [7, 11) is -7.55. The lowest BCUT2D eigenvalue weighted by molar-refractivity contribution is 0.339. The first kappa shape index (κ1) is 19.9. The summed E-state index contributed by atoms with van der Waals surface area (Å²) in [5.74, 6) is 0.394. The molecule has 0 heterocycles. The van der Waals surface area contributed by atoms with Crippen LogP contribution in [0.1, 0.15) is 64.2 Å². The molecular formula is C18H28O6P2. The summed E-state index contributed by atoms with van der Waals surface area (Å²) in [6.07, 6.45) is 8.71. The molecule has 146 valence electrons. The molecule has 26 heavy (non-hydrogen) atoms. The Kier molecular flexibility index (Phi) is 6.50. The van der Waals surface area contributed by atoms with Crippen molar-refractivity contribution in [3.8, 4) is 11.5 Å². The molecule has 0 bridgehead atoms. The van der Waals surface area contributed by atoms with Crippen molar-refractivity contribution in [2.45, 2.75) is 75.5 Å². The molecule has 0 amide bonds. The van der Waals surface area contributed by atoms with E-state index < -0.39 is 15.2 Å². The Balaban J connectivity index is 1.67. The number of benzene rings is 1. The molecule has 2 fully saturated rings. The van der Waals surface area contributed by atoms with Gasteiger partial charge in [-0.3, -0.25) is 0 Å². The second kappa shape index (κ2) is 8.48. The summed E-state index contributed by atoms with van der Waals surface area (Å²) < 4.78 is 35.9. The first-order valence-corrected chi connectivity index (χ1v) is 12.8. The van der Waals surface area contributed by atoms with Crippen LogP contribution in [0.5, 0.6) is 11.5 Å². The Morgan fingerprint density at radius 1 is 0.731 bits per heavy atom. The predicted molar refractivity (Wildman–Crippen MR) is 101 cm³/mol. The van der Waals surface area contributed by atoms with Crippen LogP contribution in [0, 0.1) is 0 Å². The molecule has 0 aliphatic heterocycles. The van der Waals surface area contributed by atoms with E-state index in [0.29, 0.717) is 25.7 Å². The molecule has 2 aliphatic carbocycles. The average Bonchev–Trinajstić information content (AvgIpc) is 2.63. The smallest absolute Gasteiger partial charge is 0.379 e. The Morgan fingerprint density at radius 3 is 1.50 bits per heavy atom. The molecule has 0 spiro atoms. The minimum Gasteiger partial charge on any atom is -0.424 e. The summed E-state index contributed by atoms with van der Waals surface area (Å²) in [6.45, 7) is 0. The molecule has 2 atom stereocenters. The Morgan fingerprint density at radius 2 is 1.12 bits per heavy atom. The van der Waals surface area contributed by atoms with Crippen LogP contribution in [0.3, 0.4) is 0 Å². The second-order valence-corrected chi connectivity index (χ2v) is 11.5. The van der Waals surface area contributed by atoms with Crippen LogP contribution in [0.2, 0.25) is 0 Å². The van der Waals surface area contributed by atoms with E-state index >= 15 is 0 Å². The number of rotatable bonds is 6. The first-order chi connectivity index (χ1) is 12.4. The molecule has 2 unspecified atom stereocenters. The lowest BCUT2D eigenvalue weighted by atomic mass is 10.0. The summed E-state index contributed by atoms with van der Waals surface area (Å²) >= 11 is 0. The fourth-order valence-electron chi connectivity index (χ4n) is 3.85. The predicted octanol–water partition coefficient (Wildman–Crippen LogP) is 5.48. The van der Waals surface area contributed by atoms with Crippen molar-refractivity contribution in [2.75, 3.05) is 0 Å². The zero-order chi connectivity index (χ0) is 18.6. The Bertz CT molecular complexity index is 639. The van der Waals surface area contributed by atoms with Crippen LogP contribution in [-0.2, 0) is 9.13 Å². The van der Waals surface area contributed by atoms with E-state index in [2.05, 4.69) is 0 Å². The van der Waals surface area contributed by atoms with Crippen LogP contribution in [0.4, 0.5) is 0 Å². The third-order valence-corrected chi connectivity index (χ3v) is 9.17. The highest BCUT2D eigenvalue weighted by Crippen LogP contribution is 2.55. The molecule has 8 heteroatoms. The van der Waals surface area contributed by atoms with E-state index in [-0.39, 0.29) is 22.8 Å². The molecule has 6 nitrogen and oxygen atoms in total. The fourth-order valence-corrected chi connectivity index (χ4v) is 7.02. The summed E-state index contributed by atoms with van der Waals surface area (Å²) in [4.78, 5) is 20.6. The van der Waals surface area contributed by atoms with Gasteiger partial charge in [-0.05, 0) is 37.8 Å². The highest BCUT2D eigenvalue weighted by molar-refractivity contribution is 7.54. The van der Waals surface area contributed by atoms with Gasteiger partial charge in [-0.1, -0.05) is 44.6 Å². The maximum atomic E-state index is 12.6. The van der Waals surface area contributed by atoms with E-state index in [1.54, 1.807) is 18.2 Å². The van der Waals surface area contributed by atoms with Crippen LogP contribution in [-0.4, -0.2) is 21.1 Å². The van der Waals surface area contributed by atoms with Gasteiger partial charge in [-0.15, -0.1) is 0 Å². The molecule has 2 saturated carbocycles. The van der Waals surface area contributed by atoms with Crippen molar-refractivity contribution in [1.29, 1.82) is 0 Å². The van der Waals surface area contributed by atoms with Crippen LogP contribution in [0.15, 0.2) is 24.3 Å². The zero-order valence-electron chi connectivity index (χ0n) is 15.0. The highest BCUT2D eigenvalue weighted by Gasteiger charge is 2.36. The first-order valence-electron chi connectivity index (χ1n) is 9.51. The number of hydrogen-bond acceptors (Lipinski definition) is 4. The lowest BCUT2D eigenvalue weighted by Gasteiger charge is -2.27. The molecule has 0 radical (unpaired) electrons. The Labute approximate surface area is 155 Å². The molecule has 3 rings (SSSR count). The second-order valence-electron chi connectivity index (χ2n) is 7.37. The van der Waals surface area contributed by atoms with Crippen LogP contribution < -0.4 is 9.05 Å². The van der Waals surface area contributed by atoms with Crippen LogP contribution >= 0.6 is 15.2 Å². The van der Waals surface area contributed by atoms with Crippen LogP contribution in [0.25, 0.3) is 0 Å². The van der Waals surface area contributed by atoms with Crippen molar-refractivity contribution in [2.24, 2.45) is 0 Å². The summed E-state index contributed by atoms with van der Waals surface area (Å²) in [5.41, 5.74) is -0.681. The third-order valence-electron chi connectivity index (χ3n) is 5.35. The molecule has 2 aliphatic rings. The monoisotopic (exact) mass is 402 g/mol. The summed E-state index contributed by atoms with van der Waals surface area (Å²) in [5, 5.41) is 0. The fraction of sp³-hybridized carbons (Fsp3) is 0.667. The highest BCUT2D eigenvalue weighted by atomic mass is 31.2. The SMILES string of the molecule is O=P(O)(Oc1cccc(OP(=O)(O)C2CCCCC2)c1)C1CCCCC1. The van der Waals surface area contributed by atoms with Gasteiger partial charge in [0.15, 0.2) is 0 Å². The third kappa shape index (κ3) is 5.13. The minimum absolute atomic E-state index is 0.197. The summed E-state index contributed by atoms with van der Waals surface area (Å²) in [6, 6.07) is 6.17. The van der Waals surface area contributed by atoms with Crippen molar-refractivity contribution in [1.82, 2.24) is 0 Å². The van der Waals surface area contributed by atoms with Gasteiger partial charge in [-0.2, -0.15) is 0 Å². The van der Waals surface area contributed by atoms with Gasteiger partial charge in [0.25, 0.3) is 0 Å². The quantitative estimate of drug-likeness (QED) is 0.612. The van der Waals surface area contributed by atoms with E-state index in [1.807, 2.05) is 0 Å². The lowest BCUT2D eigenvalue weighted by Crippen LogP contribution is -2.16. The van der Waals surface area contributed by atoms with E-state index in [9.17, 15) is 18.9 Å². The molecule has 0 saturated heterocycles. The zero-order valence-corrected chi connectivity index (χ0v) is 16.7. The standard InChI is InChI=1S/C18H28O6P2/c19-25(20,17-10-3-1-4-11-17)23-15-8-7-9-16(14-15)24-26(21,22)18-12-5-2-6-13-18/h7-9,14,17-18H,1-6,10-13H2,(H,19,20)(H,21,22). The topological polar surface area (TPSA) is 93.1 Å². The number of hydrogen-bond donors (Lipinski definition) is 2. The van der Waals surface area contributed by atoms with Gasteiger partial charge in [0.1, 0.15) is 11.5 Å². The van der Waals surface area contributed by atoms with Gasteiger partial charge >= 0.3 is 15.2 Å². The largest absolute Gasteiger partial charge is 0.424 e. The van der Waals surface area contributed by atoms with Gasteiger partial charge in [0.2, 0.25) is 0 Å². The van der Waals surface area contributed by atoms with E-state index in [1.165, 1.54) is 6.07 Å². The van der Waals surface area contributed by atoms with Gasteiger partial charge < -0.3 is 18.8 Å². The molecular weight excluding hydrogens is 374 g/mol. The molecule has 0 aromatic heterocycles. The normalized spacial score (nSPS) is 24.4. The molecule has 2 N–H and O–H groups in total. The van der Waals surface area contributed by atoms with E-state index in [0.717, 1.165) is 38.5 Å². The van der Waals surface area contributed by atoms with Crippen molar-refractivity contribution in [3.05, 3.63) is 24.3 Å². The van der Waals surface area contributed by atoms with Gasteiger partial charge in [-0.25, -0.2) is 9.13 Å². The van der Waals surface area contributed by atoms with Gasteiger partial charge in [0, 0.05) is 6.07 Å². The molecule has 1 aromatic carbocycles. The minimum atomic E-state index is -3.77. The molecule has 1 aromatic rings. The van der Waals surface area contributed by atoms with Crippen molar-refractivity contribution < 1.29 is 28.0 Å². The van der Waals surface area contributed by atoms with Crippen molar-refractivity contribution >= 4 is 15.2 Å². The maximum absolute atomic E-state index is 12.6. The van der Waals surface area contributed by atoms with E-state index in [4.69, 9.17) is 9.05 Å². The van der Waals surface area contributed by atoms with Gasteiger partial charge in [0.05, 0.1) is 11.3 Å². The van der Waals surface area contributed by atoms with Crippen molar-refractivity contribution in [3.63, 3.8) is 0 Å². The maximum Gasteiger partial charge on any atom is 0.379 e. The average molecular weight is 402 g/mol.